The van der Waals surface area contributed by atoms with Gasteiger partial charge in [-0.3, -0.25) is 0 Å². The minimum atomic E-state index is -0.155. The molecule has 0 fully saturated rings. The summed E-state index contributed by atoms with van der Waals surface area (Å²) in [4.78, 5) is 10.9. The largest absolute Gasteiger partial charge is 0.303 e. The third kappa shape index (κ3) is 3.38. The van der Waals surface area contributed by atoms with Crippen molar-refractivity contribution in [3.05, 3.63) is 0 Å². The van der Waals surface area contributed by atoms with Crippen LogP contribution in [0.25, 0.3) is 0 Å². The standard InChI is InChI=1S/C11H22O/c1-9(2)11(6,8-12)7-10(3,4)5/h8-9H,7H2,1-6H3. The molecule has 72 valence electrons. The van der Waals surface area contributed by atoms with Crippen LogP contribution in [0, 0.1) is 16.7 Å². The van der Waals surface area contributed by atoms with Crippen molar-refractivity contribution in [1.82, 2.24) is 0 Å². The van der Waals surface area contributed by atoms with Gasteiger partial charge in [0.05, 0.1) is 0 Å². The van der Waals surface area contributed by atoms with Crippen molar-refractivity contribution in [2.45, 2.75) is 48.0 Å². The Morgan fingerprint density at radius 3 is 1.67 bits per heavy atom. The van der Waals surface area contributed by atoms with E-state index < -0.39 is 0 Å². The molecule has 0 heterocycles. The Hall–Kier alpha value is -0.330. The van der Waals surface area contributed by atoms with E-state index in [1.807, 2.05) is 0 Å². The molecule has 0 saturated carbocycles. The van der Waals surface area contributed by atoms with Crippen molar-refractivity contribution in [2.24, 2.45) is 16.7 Å². The molecule has 0 rings (SSSR count). The molecule has 1 atom stereocenters. The van der Waals surface area contributed by atoms with Crippen LogP contribution in [0.5, 0.6) is 0 Å². The number of aldehydes is 1. The molecule has 1 nitrogen and oxygen atoms in total. The fraction of sp³-hybridized carbons (Fsp3) is 0.909. The van der Waals surface area contributed by atoms with Gasteiger partial charge in [-0.05, 0) is 17.8 Å². The smallest absolute Gasteiger partial charge is 0.126 e. The van der Waals surface area contributed by atoms with E-state index in [4.69, 9.17) is 0 Å². The van der Waals surface area contributed by atoms with Gasteiger partial charge in [-0.25, -0.2) is 0 Å². The lowest BCUT2D eigenvalue weighted by molar-refractivity contribution is -0.119. The van der Waals surface area contributed by atoms with E-state index in [9.17, 15) is 4.79 Å². The quantitative estimate of drug-likeness (QED) is 0.594. The summed E-state index contributed by atoms with van der Waals surface area (Å²) in [5.41, 5.74) is 0.0815. The average Bonchev–Trinajstić information content (AvgIpc) is 1.83. The van der Waals surface area contributed by atoms with E-state index >= 15 is 0 Å². The van der Waals surface area contributed by atoms with Crippen LogP contribution in [0.2, 0.25) is 0 Å². The van der Waals surface area contributed by atoms with Gasteiger partial charge in [0.15, 0.2) is 0 Å². The Morgan fingerprint density at radius 1 is 1.17 bits per heavy atom. The van der Waals surface area contributed by atoms with Crippen LogP contribution in [0.4, 0.5) is 0 Å². The Morgan fingerprint density at radius 2 is 1.58 bits per heavy atom. The maximum absolute atomic E-state index is 10.9. The van der Waals surface area contributed by atoms with E-state index in [0.717, 1.165) is 12.7 Å². The first-order valence-electron chi connectivity index (χ1n) is 4.67. The summed E-state index contributed by atoms with van der Waals surface area (Å²) in [6.45, 7) is 12.8. The monoisotopic (exact) mass is 170 g/mol. The van der Waals surface area contributed by atoms with E-state index in [-0.39, 0.29) is 10.8 Å². The first kappa shape index (κ1) is 11.7. The number of hydrogen-bond acceptors (Lipinski definition) is 1. The molecule has 0 aromatic rings. The lowest BCUT2D eigenvalue weighted by Crippen LogP contribution is -2.30. The van der Waals surface area contributed by atoms with Gasteiger partial charge >= 0.3 is 0 Å². The topological polar surface area (TPSA) is 17.1 Å². The number of carbonyl (C=O) groups is 1. The first-order chi connectivity index (χ1) is 5.21. The normalized spacial score (nSPS) is 17.6. The van der Waals surface area contributed by atoms with Crippen LogP contribution in [0.1, 0.15) is 48.0 Å². The average molecular weight is 170 g/mol. The van der Waals surface area contributed by atoms with Gasteiger partial charge in [0.2, 0.25) is 0 Å². The molecular formula is C11H22O. The van der Waals surface area contributed by atoms with E-state index in [1.165, 1.54) is 0 Å². The molecule has 0 aliphatic heterocycles. The van der Waals surface area contributed by atoms with Crippen LogP contribution in [-0.4, -0.2) is 6.29 Å². The van der Waals surface area contributed by atoms with Gasteiger partial charge in [-0.1, -0.05) is 41.5 Å². The second-order valence-corrected chi connectivity index (χ2v) is 5.52. The number of hydrogen-bond donors (Lipinski definition) is 0. The fourth-order valence-corrected chi connectivity index (χ4v) is 1.52. The molecule has 1 heteroatoms. The Balaban J connectivity index is 4.45. The molecule has 0 aromatic carbocycles. The molecule has 0 spiro atoms. The first-order valence-corrected chi connectivity index (χ1v) is 4.67. The Kier molecular flexibility index (Phi) is 3.49. The van der Waals surface area contributed by atoms with Crippen molar-refractivity contribution < 1.29 is 4.79 Å². The molecule has 0 saturated heterocycles. The summed E-state index contributed by atoms with van der Waals surface area (Å²) in [6.07, 6.45) is 2.07. The van der Waals surface area contributed by atoms with Gasteiger partial charge in [0.1, 0.15) is 6.29 Å². The maximum Gasteiger partial charge on any atom is 0.126 e. The molecule has 12 heavy (non-hydrogen) atoms. The van der Waals surface area contributed by atoms with Gasteiger partial charge < -0.3 is 4.79 Å². The second-order valence-electron chi connectivity index (χ2n) is 5.52. The molecule has 0 aromatic heterocycles. The third-order valence-electron chi connectivity index (χ3n) is 2.50. The van der Waals surface area contributed by atoms with Crippen molar-refractivity contribution >= 4 is 6.29 Å². The lowest BCUT2D eigenvalue weighted by Gasteiger charge is -2.34. The van der Waals surface area contributed by atoms with E-state index in [0.29, 0.717) is 5.92 Å². The highest BCUT2D eigenvalue weighted by atomic mass is 16.1. The maximum atomic E-state index is 10.9. The van der Waals surface area contributed by atoms with Gasteiger partial charge in [-0.15, -0.1) is 0 Å². The predicted octanol–water partition coefficient (Wildman–Crippen LogP) is 3.28. The fourth-order valence-electron chi connectivity index (χ4n) is 1.52. The molecule has 0 radical (unpaired) electrons. The van der Waals surface area contributed by atoms with Gasteiger partial charge in [0.25, 0.3) is 0 Å². The molecular weight excluding hydrogens is 148 g/mol. The van der Waals surface area contributed by atoms with Crippen molar-refractivity contribution in [1.29, 1.82) is 0 Å². The third-order valence-corrected chi connectivity index (χ3v) is 2.50. The molecule has 0 amide bonds. The van der Waals surface area contributed by atoms with Crippen LogP contribution in [-0.2, 0) is 4.79 Å². The summed E-state index contributed by atoms with van der Waals surface area (Å²) in [5.74, 6) is 0.425. The Bertz CT molecular complexity index is 153. The van der Waals surface area contributed by atoms with E-state index in [1.54, 1.807) is 0 Å². The molecule has 0 bridgehead atoms. The highest BCUT2D eigenvalue weighted by Gasteiger charge is 2.32. The highest BCUT2D eigenvalue weighted by Crippen LogP contribution is 2.37. The zero-order chi connectivity index (χ0) is 9.99. The second kappa shape index (κ2) is 3.59. The number of rotatable bonds is 3. The van der Waals surface area contributed by atoms with Crippen LogP contribution in [0.15, 0.2) is 0 Å². The highest BCUT2D eigenvalue weighted by molar-refractivity contribution is 5.59. The summed E-state index contributed by atoms with van der Waals surface area (Å²) in [6, 6.07) is 0. The summed E-state index contributed by atoms with van der Waals surface area (Å²) in [5, 5.41) is 0. The van der Waals surface area contributed by atoms with Crippen molar-refractivity contribution in [3.63, 3.8) is 0 Å². The van der Waals surface area contributed by atoms with Gasteiger partial charge in [-0.2, -0.15) is 0 Å². The minimum absolute atomic E-state index is 0.155. The van der Waals surface area contributed by atoms with Crippen LogP contribution in [0.3, 0.4) is 0 Å². The summed E-state index contributed by atoms with van der Waals surface area (Å²) in [7, 11) is 0. The molecule has 1 unspecified atom stereocenters. The zero-order valence-corrected chi connectivity index (χ0v) is 9.27. The summed E-state index contributed by atoms with van der Waals surface area (Å²) >= 11 is 0. The SMILES string of the molecule is CC(C)C(C)(C=O)CC(C)(C)C. The molecule has 0 aliphatic rings. The minimum Gasteiger partial charge on any atom is -0.303 e. The zero-order valence-electron chi connectivity index (χ0n) is 9.27. The van der Waals surface area contributed by atoms with E-state index in [2.05, 4.69) is 41.5 Å². The number of carbonyl (C=O) groups excluding carboxylic acids is 1. The van der Waals surface area contributed by atoms with Gasteiger partial charge in [0, 0.05) is 5.41 Å². The predicted molar refractivity (Wildman–Crippen MR) is 53.1 cm³/mol. The molecule has 0 aliphatic carbocycles. The van der Waals surface area contributed by atoms with Crippen LogP contribution >= 0.6 is 0 Å². The Labute approximate surface area is 76.6 Å². The lowest BCUT2D eigenvalue weighted by atomic mass is 9.70. The van der Waals surface area contributed by atoms with Crippen LogP contribution < -0.4 is 0 Å². The molecule has 0 N–H and O–H groups in total. The van der Waals surface area contributed by atoms with Crippen molar-refractivity contribution in [2.75, 3.05) is 0 Å². The summed E-state index contributed by atoms with van der Waals surface area (Å²) < 4.78 is 0. The van der Waals surface area contributed by atoms with Crippen molar-refractivity contribution in [3.8, 4) is 0 Å².